The lowest BCUT2D eigenvalue weighted by Crippen LogP contribution is -2.28. The van der Waals surface area contributed by atoms with Crippen LogP contribution in [0.15, 0.2) is 24.3 Å². The number of hydrogen-bond acceptors (Lipinski definition) is 2. The molecule has 1 saturated carbocycles. The molecule has 1 atom stereocenters. The smallest absolute Gasteiger partial charge is 0.161 e. The minimum atomic E-state index is 0.252. The summed E-state index contributed by atoms with van der Waals surface area (Å²) in [5.41, 5.74) is 0. The number of phenols is 1. The molecule has 2 rings (SSSR count). The summed E-state index contributed by atoms with van der Waals surface area (Å²) in [4.78, 5) is 0. The van der Waals surface area contributed by atoms with E-state index in [0.717, 1.165) is 6.42 Å². The maximum Gasteiger partial charge on any atom is 0.161 e. The highest BCUT2D eigenvalue weighted by Gasteiger charge is 2.24. The van der Waals surface area contributed by atoms with Crippen LogP contribution in [0.1, 0.15) is 45.4 Å². The number of para-hydroxylation sites is 2. The van der Waals surface area contributed by atoms with Crippen molar-refractivity contribution in [2.45, 2.75) is 51.6 Å². The molecule has 1 aromatic carbocycles. The number of rotatable bonds is 4. The molecule has 0 bridgehead atoms. The first-order valence-electron chi connectivity index (χ1n) is 6.76. The van der Waals surface area contributed by atoms with Gasteiger partial charge < -0.3 is 9.84 Å². The van der Waals surface area contributed by atoms with E-state index in [1.807, 2.05) is 18.2 Å². The molecule has 0 saturated heterocycles. The molecule has 0 spiro atoms. The predicted octanol–water partition coefficient (Wildman–Crippen LogP) is 4.13. The fraction of sp³-hybridized carbons (Fsp3) is 0.600. The van der Waals surface area contributed by atoms with E-state index >= 15 is 0 Å². The third-order valence-electron chi connectivity index (χ3n) is 3.72. The van der Waals surface area contributed by atoms with Gasteiger partial charge in [-0.25, -0.2) is 0 Å². The Kier molecular flexibility index (Phi) is 4.29. The maximum atomic E-state index is 9.73. The predicted molar refractivity (Wildman–Crippen MR) is 69.4 cm³/mol. The molecule has 2 nitrogen and oxygen atoms in total. The zero-order chi connectivity index (χ0) is 12.1. The first-order valence-corrected chi connectivity index (χ1v) is 6.76. The zero-order valence-corrected chi connectivity index (χ0v) is 10.6. The van der Waals surface area contributed by atoms with Crippen LogP contribution in [0.4, 0.5) is 0 Å². The lowest BCUT2D eigenvalue weighted by atomic mass is 9.84. The van der Waals surface area contributed by atoms with Crippen LogP contribution >= 0.6 is 0 Å². The van der Waals surface area contributed by atoms with Crippen molar-refractivity contribution in [2.24, 2.45) is 5.92 Å². The normalized spacial score (nSPS) is 18.9. The average Bonchev–Trinajstić information content (AvgIpc) is 2.39. The number of hydrogen-bond donors (Lipinski definition) is 1. The van der Waals surface area contributed by atoms with E-state index < -0.39 is 0 Å². The summed E-state index contributed by atoms with van der Waals surface area (Å²) < 4.78 is 5.98. The van der Waals surface area contributed by atoms with E-state index in [-0.39, 0.29) is 11.9 Å². The molecule has 1 fully saturated rings. The maximum absolute atomic E-state index is 9.73. The van der Waals surface area contributed by atoms with Crippen molar-refractivity contribution in [1.29, 1.82) is 0 Å². The summed E-state index contributed by atoms with van der Waals surface area (Å²) in [5, 5.41) is 9.73. The topological polar surface area (TPSA) is 29.5 Å². The van der Waals surface area contributed by atoms with E-state index in [9.17, 15) is 5.11 Å². The molecule has 0 aromatic heterocycles. The molecule has 94 valence electrons. The highest BCUT2D eigenvalue weighted by atomic mass is 16.5. The van der Waals surface area contributed by atoms with Gasteiger partial charge in [0.1, 0.15) is 6.10 Å². The Morgan fingerprint density at radius 3 is 2.59 bits per heavy atom. The first-order chi connectivity index (χ1) is 8.31. The molecule has 0 amide bonds. The number of phenolic OH excluding ortho intramolecular Hbond substituents is 1. The zero-order valence-electron chi connectivity index (χ0n) is 10.6. The van der Waals surface area contributed by atoms with Gasteiger partial charge >= 0.3 is 0 Å². The third-order valence-corrected chi connectivity index (χ3v) is 3.72. The van der Waals surface area contributed by atoms with Crippen molar-refractivity contribution in [3.05, 3.63) is 24.3 Å². The second kappa shape index (κ2) is 5.95. The Balaban J connectivity index is 2.01. The molecular formula is C15H22O2. The number of ether oxygens (including phenoxy) is 1. The first kappa shape index (κ1) is 12.3. The Hall–Kier alpha value is -1.18. The van der Waals surface area contributed by atoms with Crippen molar-refractivity contribution in [2.75, 3.05) is 0 Å². The Morgan fingerprint density at radius 2 is 1.94 bits per heavy atom. The average molecular weight is 234 g/mol. The van der Waals surface area contributed by atoms with Gasteiger partial charge in [0.15, 0.2) is 11.5 Å². The van der Waals surface area contributed by atoms with E-state index in [1.54, 1.807) is 6.07 Å². The number of benzene rings is 1. The second-order valence-electron chi connectivity index (χ2n) is 4.93. The molecule has 0 aliphatic heterocycles. The summed E-state index contributed by atoms with van der Waals surface area (Å²) >= 11 is 0. The highest BCUT2D eigenvalue weighted by Crippen LogP contribution is 2.33. The summed E-state index contributed by atoms with van der Waals surface area (Å²) in [6.45, 7) is 2.17. The van der Waals surface area contributed by atoms with E-state index in [2.05, 4.69) is 6.92 Å². The third kappa shape index (κ3) is 3.15. The summed E-state index contributed by atoms with van der Waals surface area (Å²) in [5.74, 6) is 1.54. The van der Waals surface area contributed by atoms with Crippen LogP contribution in [-0.2, 0) is 0 Å². The Labute approximate surface area is 104 Å². The fourth-order valence-corrected chi connectivity index (χ4v) is 2.74. The van der Waals surface area contributed by atoms with Crippen LogP contribution in [-0.4, -0.2) is 11.2 Å². The monoisotopic (exact) mass is 234 g/mol. The van der Waals surface area contributed by atoms with Gasteiger partial charge in [-0.2, -0.15) is 0 Å². The SMILES string of the molecule is CCC(Oc1ccccc1O)C1CCCCC1. The summed E-state index contributed by atoms with van der Waals surface area (Å²) in [6, 6.07) is 7.26. The Morgan fingerprint density at radius 1 is 1.24 bits per heavy atom. The minimum Gasteiger partial charge on any atom is -0.504 e. The van der Waals surface area contributed by atoms with Crippen LogP contribution in [0.25, 0.3) is 0 Å². The molecule has 0 heterocycles. The van der Waals surface area contributed by atoms with Gasteiger partial charge in [-0.1, -0.05) is 38.3 Å². The standard InChI is InChI=1S/C15H22O2/c1-2-14(12-8-4-3-5-9-12)17-15-11-7-6-10-13(15)16/h6-7,10-12,14,16H,2-5,8-9H2,1H3. The van der Waals surface area contributed by atoms with Crippen LogP contribution in [0, 0.1) is 5.92 Å². The molecule has 0 radical (unpaired) electrons. The molecular weight excluding hydrogens is 212 g/mol. The minimum absolute atomic E-state index is 0.252. The van der Waals surface area contributed by atoms with Gasteiger partial charge in [0.25, 0.3) is 0 Å². The molecule has 1 aromatic rings. The highest BCUT2D eigenvalue weighted by molar-refractivity contribution is 5.38. The molecule has 1 N–H and O–H groups in total. The van der Waals surface area contributed by atoms with Gasteiger partial charge in [0.05, 0.1) is 0 Å². The van der Waals surface area contributed by atoms with Crippen LogP contribution in [0.2, 0.25) is 0 Å². The van der Waals surface area contributed by atoms with Crippen LogP contribution in [0.3, 0.4) is 0 Å². The second-order valence-corrected chi connectivity index (χ2v) is 4.93. The van der Waals surface area contributed by atoms with Crippen molar-refractivity contribution in [1.82, 2.24) is 0 Å². The van der Waals surface area contributed by atoms with E-state index in [1.165, 1.54) is 32.1 Å². The molecule has 1 aliphatic rings. The van der Waals surface area contributed by atoms with Crippen molar-refractivity contribution in [3.8, 4) is 11.5 Å². The van der Waals surface area contributed by atoms with Crippen molar-refractivity contribution < 1.29 is 9.84 Å². The quantitative estimate of drug-likeness (QED) is 0.848. The van der Waals surface area contributed by atoms with Crippen LogP contribution < -0.4 is 4.74 Å². The van der Waals surface area contributed by atoms with Gasteiger partial charge in [-0.15, -0.1) is 0 Å². The lowest BCUT2D eigenvalue weighted by Gasteiger charge is -2.30. The summed E-state index contributed by atoms with van der Waals surface area (Å²) in [7, 11) is 0. The van der Waals surface area contributed by atoms with Crippen molar-refractivity contribution >= 4 is 0 Å². The Bertz CT molecular complexity index is 343. The largest absolute Gasteiger partial charge is 0.504 e. The molecule has 1 unspecified atom stereocenters. The van der Waals surface area contributed by atoms with Gasteiger partial charge in [0.2, 0.25) is 0 Å². The molecule has 2 heteroatoms. The molecule has 17 heavy (non-hydrogen) atoms. The van der Waals surface area contributed by atoms with Gasteiger partial charge in [0, 0.05) is 0 Å². The fourth-order valence-electron chi connectivity index (χ4n) is 2.74. The molecule has 1 aliphatic carbocycles. The van der Waals surface area contributed by atoms with Gasteiger partial charge in [-0.05, 0) is 37.3 Å². The summed E-state index contributed by atoms with van der Waals surface area (Å²) in [6.07, 6.45) is 7.82. The van der Waals surface area contributed by atoms with Crippen LogP contribution in [0.5, 0.6) is 11.5 Å². The van der Waals surface area contributed by atoms with Crippen molar-refractivity contribution in [3.63, 3.8) is 0 Å². The lowest BCUT2D eigenvalue weighted by molar-refractivity contribution is 0.101. The van der Waals surface area contributed by atoms with E-state index in [4.69, 9.17) is 4.74 Å². The van der Waals surface area contributed by atoms with Gasteiger partial charge in [-0.3, -0.25) is 0 Å². The van der Waals surface area contributed by atoms with E-state index in [0.29, 0.717) is 11.7 Å². The number of aromatic hydroxyl groups is 1.